The van der Waals surface area contributed by atoms with Crippen molar-refractivity contribution in [1.29, 1.82) is 0 Å². The molecule has 0 aromatic carbocycles. The van der Waals surface area contributed by atoms with E-state index in [0.717, 1.165) is 48.0 Å². The highest BCUT2D eigenvalue weighted by Crippen LogP contribution is 2.28. The van der Waals surface area contributed by atoms with E-state index in [1.807, 2.05) is 19.1 Å². The maximum Gasteiger partial charge on any atom is 0.203 e. The first kappa shape index (κ1) is 16.0. The van der Waals surface area contributed by atoms with Crippen molar-refractivity contribution in [1.82, 2.24) is 25.5 Å². The predicted molar refractivity (Wildman–Crippen MR) is 96.4 cm³/mol. The van der Waals surface area contributed by atoms with Gasteiger partial charge < -0.3 is 20.8 Å². The fourth-order valence-corrected chi connectivity index (χ4v) is 3.48. The number of nitrogens with one attached hydrogen (secondary N) is 2. The van der Waals surface area contributed by atoms with Gasteiger partial charge in [0, 0.05) is 18.5 Å². The van der Waals surface area contributed by atoms with Crippen molar-refractivity contribution >= 4 is 22.3 Å². The van der Waals surface area contributed by atoms with Crippen LogP contribution in [0.1, 0.15) is 29.2 Å². The van der Waals surface area contributed by atoms with E-state index in [0.29, 0.717) is 16.7 Å². The number of nitrogen functional groups attached to an aromatic ring is 1. The molecule has 0 radical (unpaired) electrons. The van der Waals surface area contributed by atoms with Crippen LogP contribution in [-0.2, 0) is 12.8 Å². The lowest BCUT2D eigenvalue weighted by Gasteiger charge is -2.17. The first-order chi connectivity index (χ1) is 12.2. The Morgan fingerprint density at radius 2 is 2.16 bits per heavy atom. The zero-order valence-electron chi connectivity index (χ0n) is 13.8. The highest BCUT2D eigenvalue weighted by Gasteiger charge is 2.21. The van der Waals surface area contributed by atoms with Gasteiger partial charge in [0.1, 0.15) is 10.8 Å². The zero-order valence-corrected chi connectivity index (χ0v) is 14.6. The average molecular weight is 357 g/mol. The third kappa shape index (κ3) is 3.33. The zero-order chi connectivity index (χ0) is 17.2. The second-order valence-corrected chi connectivity index (χ2v) is 6.93. The maximum absolute atomic E-state index is 5.70. The second kappa shape index (κ2) is 6.77. The molecule has 1 aliphatic heterocycles. The molecule has 130 valence electrons. The van der Waals surface area contributed by atoms with E-state index in [4.69, 9.17) is 20.1 Å². The Hall–Kier alpha value is -2.52. The number of hydrogen-bond acceptors (Lipinski definition) is 9. The summed E-state index contributed by atoms with van der Waals surface area (Å²) in [5.74, 6) is 2.08. The molecule has 4 heterocycles. The highest BCUT2D eigenvalue weighted by molar-refractivity contribution is 7.15. The van der Waals surface area contributed by atoms with Gasteiger partial charge in [-0.2, -0.15) is 0 Å². The molecule has 1 atom stereocenters. The molecular weight excluding hydrogens is 338 g/mol. The molecule has 0 bridgehead atoms. The smallest absolute Gasteiger partial charge is 0.203 e. The Morgan fingerprint density at radius 3 is 2.92 bits per heavy atom. The number of hydrogen-bond donors (Lipinski definition) is 3. The summed E-state index contributed by atoms with van der Waals surface area (Å²) >= 11 is 1.38. The minimum atomic E-state index is -0.0468. The van der Waals surface area contributed by atoms with Crippen LogP contribution in [0, 0.1) is 0 Å². The number of aromatic nitrogens is 4. The molecule has 8 nitrogen and oxygen atoms in total. The van der Waals surface area contributed by atoms with Crippen molar-refractivity contribution in [3.8, 4) is 11.6 Å². The maximum atomic E-state index is 5.70. The van der Waals surface area contributed by atoms with Crippen molar-refractivity contribution in [3.05, 3.63) is 34.7 Å². The van der Waals surface area contributed by atoms with Crippen LogP contribution in [0.25, 0.3) is 11.6 Å². The van der Waals surface area contributed by atoms with E-state index in [1.165, 1.54) is 11.3 Å². The molecule has 0 spiro atoms. The molecule has 3 aromatic heterocycles. The molecule has 1 unspecified atom stereocenters. The van der Waals surface area contributed by atoms with Gasteiger partial charge >= 0.3 is 0 Å². The van der Waals surface area contributed by atoms with Crippen LogP contribution in [0.3, 0.4) is 0 Å². The predicted octanol–water partition coefficient (Wildman–Crippen LogP) is 2.03. The summed E-state index contributed by atoms with van der Waals surface area (Å²) in [7, 11) is 0. The molecule has 0 fully saturated rings. The molecule has 0 aliphatic carbocycles. The molecule has 9 heteroatoms. The van der Waals surface area contributed by atoms with Gasteiger partial charge in [-0.3, -0.25) is 0 Å². The number of anilines is 2. The summed E-state index contributed by atoms with van der Waals surface area (Å²) in [5.41, 5.74) is 7.90. The fourth-order valence-electron chi connectivity index (χ4n) is 2.87. The molecule has 0 amide bonds. The molecular formula is C16H19N7OS. The van der Waals surface area contributed by atoms with Gasteiger partial charge in [-0.15, -0.1) is 10.2 Å². The summed E-state index contributed by atoms with van der Waals surface area (Å²) in [4.78, 5) is 9.45. The summed E-state index contributed by atoms with van der Waals surface area (Å²) in [5, 5.41) is 16.2. The second-order valence-electron chi connectivity index (χ2n) is 5.89. The monoisotopic (exact) mass is 357 g/mol. The van der Waals surface area contributed by atoms with Crippen molar-refractivity contribution in [2.75, 3.05) is 24.1 Å². The largest absolute Gasteiger partial charge is 0.461 e. The van der Waals surface area contributed by atoms with Gasteiger partial charge in [-0.25, -0.2) is 9.97 Å². The number of fused-ring (bicyclic) bond motifs is 1. The summed E-state index contributed by atoms with van der Waals surface area (Å²) in [6, 6.07) is 3.66. The van der Waals surface area contributed by atoms with Gasteiger partial charge in [-0.05, 0) is 32.0 Å². The van der Waals surface area contributed by atoms with Crippen LogP contribution in [0.4, 0.5) is 10.9 Å². The topological polar surface area (TPSA) is 115 Å². The average Bonchev–Trinajstić information content (AvgIpc) is 3.22. The Kier molecular flexibility index (Phi) is 4.33. The SMILES string of the molecule is CC(Nc1nc(-c2ccco2)nc2c1CCNCC2)c1nnc(N)s1. The van der Waals surface area contributed by atoms with Gasteiger partial charge in [0.05, 0.1) is 18.0 Å². The Balaban J connectivity index is 1.72. The van der Waals surface area contributed by atoms with Crippen molar-refractivity contribution in [2.24, 2.45) is 0 Å². The van der Waals surface area contributed by atoms with Gasteiger partial charge in [0.25, 0.3) is 0 Å². The summed E-state index contributed by atoms with van der Waals surface area (Å²) in [6.07, 6.45) is 3.37. The van der Waals surface area contributed by atoms with Crippen molar-refractivity contribution in [3.63, 3.8) is 0 Å². The normalized spacial score (nSPS) is 15.4. The third-order valence-corrected chi connectivity index (χ3v) is 5.04. The minimum Gasteiger partial charge on any atom is -0.461 e. The van der Waals surface area contributed by atoms with Gasteiger partial charge in [-0.1, -0.05) is 11.3 Å². The van der Waals surface area contributed by atoms with Crippen LogP contribution in [0.15, 0.2) is 22.8 Å². The Labute approximate surface area is 148 Å². The van der Waals surface area contributed by atoms with Gasteiger partial charge in [0.15, 0.2) is 11.6 Å². The van der Waals surface area contributed by atoms with E-state index in [2.05, 4.69) is 20.8 Å². The van der Waals surface area contributed by atoms with E-state index in [9.17, 15) is 0 Å². The molecule has 1 aliphatic rings. The number of nitrogens with zero attached hydrogens (tertiary/aromatic N) is 4. The van der Waals surface area contributed by atoms with E-state index in [-0.39, 0.29) is 6.04 Å². The highest BCUT2D eigenvalue weighted by atomic mass is 32.1. The molecule has 0 saturated heterocycles. The lowest BCUT2D eigenvalue weighted by molar-refractivity contribution is 0.576. The van der Waals surface area contributed by atoms with Crippen LogP contribution in [-0.4, -0.2) is 33.3 Å². The summed E-state index contributed by atoms with van der Waals surface area (Å²) in [6.45, 7) is 3.84. The first-order valence-corrected chi connectivity index (χ1v) is 9.02. The number of rotatable bonds is 4. The van der Waals surface area contributed by atoms with E-state index < -0.39 is 0 Å². The van der Waals surface area contributed by atoms with Gasteiger partial charge in [0.2, 0.25) is 5.13 Å². The Morgan fingerprint density at radius 1 is 1.28 bits per heavy atom. The molecule has 0 saturated carbocycles. The van der Waals surface area contributed by atoms with E-state index >= 15 is 0 Å². The van der Waals surface area contributed by atoms with Crippen molar-refractivity contribution < 1.29 is 4.42 Å². The van der Waals surface area contributed by atoms with Crippen LogP contribution in [0.5, 0.6) is 0 Å². The number of furan rings is 1. The standard InChI is InChI=1S/C16H19N7OS/c1-9(15-22-23-16(17)25-15)19-13-10-4-6-18-7-5-11(10)20-14(21-13)12-3-2-8-24-12/h2-3,8-9,18H,4-7H2,1H3,(H2,17,23)(H,19,20,21). The lowest BCUT2D eigenvalue weighted by Crippen LogP contribution is -2.16. The first-order valence-electron chi connectivity index (χ1n) is 8.20. The fraction of sp³-hybridized carbons (Fsp3) is 0.375. The number of nitrogens with two attached hydrogens (primary N) is 1. The summed E-state index contributed by atoms with van der Waals surface area (Å²) < 4.78 is 5.48. The minimum absolute atomic E-state index is 0.0468. The lowest BCUT2D eigenvalue weighted by atomic mass is 10.1. The van der Waals surface area contributed by atoms with Crippen molar-refractivity contribution in [2.45, 2.75) is 25.8 Å². The van der Waals surface area contributed by atoms with Crippen LogP contribution >= 0.6 is 11.3 Å². The quantitative estimate of drug-likeness (QED) is 0.650. The molecule has 4 rings (SSSR count). The third-order valence-electron chi connectivity index (χ3n) is 4.10. The molecule has 4 N–H and O–H groups in total. The Bertz CT molecular complexity index is 862. The van der Waals surface area contributed by atoms with E-state index in [1.54, 1.807) is 6.26 Å². The van der Waals surface area contributed by atoms with Crippen LogP contribution < -0.4 is 16.4 Å². The van der Waals surface area contributed by atoms with Crippen LogP contribution in [0.2, 0.25) is 0 Å². The molecule has 25 heavy (non-hydrogen) atoms. The molecule has 3 aromatic rings.